The molecule has 1 aromatic heterocycles. The summed E-state index contributed by atoms with van der Waals surface area (Å²) >= 11 is 1.60. The van der Waals surface area contributed by atoms with E-state index in [1.54, 1.807) is 19.1 Å². The minimum Gasteiger partial charge on any atom is -0.325 e. The summed E-state index contributed by atoms with van der Waals surface area (Å²) in [6, 6.07) is 7.65. The number of rotatable bonds is 8. The number of nitrogens with zero attached hydrogens (tertiary/aromatic N) is 1. The number of carbonyl (C=O) groups excluding carboxylic acids is 1. The summed E-state index contributed by atoms with van der Waals surface area (Å²) in [4.78, 5) is 31.4. The minimum atomic E-state index is -2.48. The Morgan fingerprint density at radius 3 is 2.58 bits per heavy atom. The van der Waals surface area contributed by atoms with Gasteiger partial charge in [0.05, 0.1) is 5.25 Å². The summed E-state index contributed by atoms with van der Waals surface area (Å²) in [5.41, 5.74) is 0.964. The lowest BCUT2D eigenvalue weighted by Crippen LogP contribution is -2.23. The third kappa shape index (κ3) is 6.45. The van der Waals surface area contributed by atoms with Gasteiger partial charge in [-0.05, 0) is 37.6 Å². The molecule has 0 saturated heterocycles. The molecule has 0 fully saturated rings. The molecule has 2 rings (SSSR count). The average molecular weight is 399 g/mol. The van der Waals surface area contributed by atoms with Crippen molar-refractivity contribution < 1.29 is 13.6 Å². The van der Waals surface area contributed by atoms with Gasteiger partial charge in [0.2, 0.25) is 5.91 Å². The fraction of sp³-hybridized carbons (Fsp3) is 0.353. The smallest absolute Gasteiger partial charge is 0.288 e. The van der Waals surface area contributed by atoms with E-state index in [-0.39, 0.29) is 11.5 Å². The van der Waals surface area contributed by atoms with Gasteiger partial charge < -0.3 is 10.3 Å². The highest BCUT2D eigenvalue weighted by Gasteiger charge is 2.16. The zero-order chi connectivity index (χ0) is 19.1. The molecule has 1 aromatic carbocycles. The Balaban J connectivity index is 1.98. The molecule has 140 valence electrons. The lowest BCUT2D eigenvalue weighted by atomic mass is 10.2. The molecule has 2 aromatic rings. The monoisotopic (exact) mass is 399 g/mol. The third-order valence-electron chi connectivity index (χ3n) is 3.28. The molecular weight excluding hydrogens is 380 g/mol. The van der Waals surface area contributed by atoms with E-state index in [2.05, 4.69) is 15.3 Å². The van der Waals surface area contributed by atoms with Crippen LogP contribution in [-0.4, -0.2) is 26.9 Å². The van der Waals surface area contributed by atoms with Crippen LogP contribution in [0, 0.1) is 0 Å². The van der Waals surface area contributed by atoms with Crippen molar-refractivity contribution in [2.45, 2.75) is 47.7 Å². The first kappa shape index (κ1) is 20.4. The zero-order valence-corrected chi connectivity index (χ0v) is 15.9. The van der Waals surface area contributed by atoms with Crippen LogP contribution in [0.15, 0.2) is 45.2 Å². The van der Waals surface area contributed by atoms with E-state index in [0.29, 0.717) is 39.6 Å². The SMILES string of the molecule is CCCc1cc(=O)[nH]c(SC(C)C(=O)Nc2ccc(SC(F)F)cc2)n1. The lowest BCUT2D eigenvalue weighted by Gasteiger charge is -2.12. The second-order valence-corrected chi connectivity index (χ2v) is 7.84. The second kappa shape index (κ2) is 9.72. The van der Waals surface area contributed by atoms with Gasteiger partial charge in [0, 0.05) is 22.3 Å². The van der Waals surface area contributed by atoms with Crippen molar-refractivity contribution >= 4 is 35.1 Å². The van der Waals surface area contributed by atoms with E-state index in [1.165, 1.54) is 18.2 Å². The van der Waals surface area contributed by atoms with Crippen LogP contribution in [0.2, 0.25) is 0 Å². The van der Waals surface area contributed by atoms with Crippen LogP contribution in [0.25, 0.3) is 0 Å². The number of aromatic nitrogens is 2. The molecule has 0 aliphatic heterocycles. The zero-order valence-electron chi connectivity index (χ0n) is 14.3. The van der Waals surface area contributed by atoms with Crippen molar-refractivity contribution in [1.29, 1.82) is 0 Å². The maximum absolute atomic E-state index is 12.3. The summed E-state index contributed by atoms with van der Waals surface area (Å²) in [5.74, 6) is -2.75. The molecule has 1 heterocycles. The van der Waals surface area contributed by atoms with Gasteiger partial charge in [0.1, 0.15) is 0 Å². The fourth-order valence-corrected chi connectivity index (χ4v) is 3.44. The highest BCUT2D eigenvalue weighted by Crippen LogP contribution is 2.26. The number of carbonyl (C=O) groups is 1. The van der Waals surface area contributed by atoms with E-state index < -0.39 is 11.0 Å². The predicted octanol–water partition coefficient (Wildman–Crippen LogP) is 4.16. The first-order chi connectivity index (χ1) is 12.4. The molecular formula is C17H19F2N3O2S2. The number of benzene rings is 1. The number of aryl methyl sites for hydroxylation is 1. The van der Waals surface area contributed by atoms with Gasteiger partial charge in [-0.2, -0.15) is 8.78 Å². The van der Waals surface area contributed by atoms with E-state index in [4.69, 9.17) is 0 Å². The summed E-state index contributed by atoms with van der Waals surface area (Å²) < 4.78 is 24.6. The molecule has 0 bridgehead atoms. The molecule has 0 saturated carbocycles. The van der Waals surface area contributed by atoms with E-state index >= 15 is 0 Å². The number of alkyl halides is 2. The molecule has 2 N–H and O–H groups in total. The largest absolute Gasteiger partial charge is 0.325 e. The Bertz CT molecular complexity index is 797. The Labute approximate surface area is 158 Å². The van der Waals surface area contributed by atoms with Crippen molar-refractivity contribution in [2.24, 2.45) is 0 Å². The Morgan fingerprint density at radius 1 is 1.27 bits per heavy atom. The second-order valence-electron chi connectivity index (χ2n) is 5.44. The van der Waals surface area contributed by atoms with Gasteiger partial charge in [-0.3, -0.25) is 9.59 Å². The molecule has 0 aliphatic carbocycles. The number of amides is 1. The topological polar surface area (TPSA) is 74.8 Å². The van der Waals surface area contributed by atoms with Gasteiger partial charge in [-0.15, -0.1) is 0 Å². The molecule has 1 atom stereocenters. The first-order valence-corrected chi connectivity index (χ1v) is 9.76. The number of nitrogens with one attached hydrogen (secondary N) is 2. The van der Waals surface area contributed by atoms with Crippen LogP contribution < -0.4 is 10.9 Å². The van der Waals surface area contributed by atoms with Gasteiger partial charge in [-0.25, -0.2) is 4.98 Å². The Kier molecular flexibility index (Phi) is 7.65. The Hall–Kier alpha value is -1.87. The van der Waals surface area contributed by atoms with Crippen molar-refractivity contribution in [2.75, 3.05) is 5.32 Å². The van der Waals surface area contributed by atoms with Crippen molar-refractivity contribution in [3.63, 3.8) is 0 Å². The van der Waals surface area contributed by atoms with Crippen molar-refractivity contribution in [1.82, 2.24) is 9.97 Å². The maximum atomic E-state index is 12.3. The number of thioether (sulfide) groups is 2. The van der Waals surface area contributed by atoms with Crippen LogP contribution in [0.3, 0.4) is 0 Å². The molecule has 5 nitrogen and oxygen atoms in total. The normalized spacial score (nSPS) is 12.2. The van der Waals surface area contributed by atoms with E-state index in [9.17, 15) is 18.4 Å². The number of halogens is 2. The van der Waals surface area contributed by atoms with Crippen LogP contribution in [-0.2, 0) is 11.2 Å². The lowest BCUT2D eigenvalue weighted by molar-refractivity contribution is -0.115. The average Bonchev–Trinajstić information content (AvgIpc) is 2.56. The van der Waals surface area contributed by atoms with Crippen LogP contribution in [0.5, 0.6) is 0 Å². The molecule has 0 aliphatic rings. The molecule has 1 amide bonds. The summed E-state index contributed by atoms with van der Waals surface area (Å²) in [6.07, 6.45) is 1.57. The quantitative estimate of drug-likeness (QED) is 0.515. The van der Waals surface area contributed by atoms with Gasteiger partial charge >= 0.3 is 0 Å². The highest BCUT2D eigenvalue weighted by atomic mass is 32.2. The number of aromatic amines is 1. The summed E-state index contributed by atoms with van der Waals surface area (Å²) in [6.45, 7) is 3.70. The number of hydrogen-bond acceptors (Lipinski definition) is 5. The maximum Gasteiger partial charge on any atom is 0.288 e. The predicted molar refractivity (Wildman–Crippen MR) is 101 cm³/mol. The molecule has 9 heteroatoms. The minimum absolute atomic E-state index is 0.245. The Morgan fingerprint density at radius 2 is 1.96 bits per heavy atom. The molecule has 1 unspecified atom stereocenters. The van der Waals surface area contributed by atoms with E-state index in [0.717, 1.165) is 18.2 Å². The first-order valence-electron chi connectivity index (χ1n) is 8.00. The highest BCUT2D eigenvalue weighted by molar-refractivity contribution is 8.00. The van der Waals surface area contributed by atoms with Crippen LogP contribution in [0.4, 0.5) is 14.5 Å². The standard InChI is InChI=1S/C17H19F2N3O2S2/c1-3-4-12-9-14(23)22-17(21-12)25-10(2)15(24)20-11-5-7-13(8-6-11)26-16(18)19/h5-10,16H,3-4H2,1-2H3,(H,20,24)(H,21,22,23). The fourth-order valence-electron chi connectivity index (χ4n) is 2.11. The van der Waals surface area contributed by atoms with Crippen molar-refractivity contribution in [3.05, 3.63) is 46.4 Å². The van der Waals surface area contributed by atoms with Crippen LogP contribution in [0.1, 0.15) is 26.0 Å². The van der Waals surface area contributed by atoms with Crippen LogP contribution >= 0.6 is 23.5 Å². The summed E-state index contributed by atoms with van der Waals surface area (Å²) in [7, 11) is 0. The van der Waals surface area contributed by atoms with Gasteiger partial charge in [0.25, 0.3) is 11.3 Å². The summed E-state index contributed by atoms with van der Waals surface area (Å²) in [5, 5.41) is 2.62. The number of hydrogen-bond donors (Lipinski definition) is 2. The third-order valence-corrected chi connectivity index (χ3v) is 4.99. The molecule has 26 heavy (non-hydrogen) atoms. The van der Waals surface area contributed by atoms with E-state index in [1.807, 2.05) is 6.92 Å². The van der Waals surface area contributed by atoms with Crippen molar-refractivity contribution in [3.8, 4) is 0 Å². The molecule has 0 spiro atoms. The number of H-pyrrole nitrogens is 1. The number of anilines is 1. The van der Waals surface area contributed by atoms with Gasteiger partial charge in [-0.1, -0.05) is 36.9 Å². The molecule has 0 radical (unpaired) electrons. The van der Waals surface area contributed by atoms with Gasteiger partial charge in [0.15, 0.2) is 5.16 Å².